The first-order chi connectivity index (χ1) is 17.4. The zero-order chi connectivity index (χ0) is 25.7. The Morgan fingerprint density at radius 3 is 2.25 bits per heavy atom. The molecule has 2 aromatic carbocycles. The Bertz CT molecular complexity index is 1410. The van der Waals surface area contributed by atoms with E-state index < -0.39 is 0 Å². The zero-order valence-corrected chi connectivity index (χ0v) is 27.6. The molecule has 40 heavy (non-hydrogen) atoms. The average Bonchev–Trinajstić information content (AvgIpc) is 3.42. The van der Waals surface area contributed by atoms with Crippen LogP contribution in [0.1, 0.15) is 42.4 Å². The number of unbranched alkanes of at least 4 members (excludes halogenated alkanes) is 1. The van der Waals surface area contributed by atoms with Crippen LogP contribution in [0.2, 0.25) is 0 Å². The fourth-order valence-corrected chi connectivity index (χ4v) is 4.28. The first-order valence-electron chi connectivity index (χ1n) is 12.1. The van der Waals surface area contributed by atoms with E-state index >= 15 is 0 Å². The maximum atomic E-state index is 13.6. The SMILES string of the molecule is CCCCc1nc(C)c(CC(=S)N(C)C)c(=O)n1Cc1ccc(-c2ccccc2-c2nn[nH]n2)cc1.O.O.O.[K]. The monoisotopic (exact) mass is 594 g/mol. The van der Waals surface area contributed by atoms with Gasteiger partial charge in [0, 0.05) is 95.1 Å². The Labute approximate surface area is 281 Å². The normalized spacial score (nSPS) is 9.90. The Kier molecular flexibility index (Phi) is 16.6. The molecule has 13 heteroatoms. The van der Waals surface area contributed by atoms with Crippen LogP contribution in [0.4, 0.5) is 0 Å². The molecule has 0 saturated carbocycles. The van der Waals surface area contributed by atoms with Gasteiger partial charge >= 0.3 is 0 Å². The zero-order valence-electron chi connectivity index (χ0n) is 23.7. The quantitative estimate of drug-likeness (QED) is 0.224. The maximum Gasteiger partial charge on any atom is 0.257 e. The molecule has 0 aliphatic heterocycles. The van der Waals surface area contributed by atoms with Crippen molar-refractivity contribution in [1.82, 2.24) is 35.1 Å². The summed E-state index contributed by atoms with van der Waals surface area (Å²) in [6, 6.07) is 16.2. The fraction of sp³-hybridized carbons (Fsp3) is 0.333. The molecule has 11 nitrogen and oxygen atoms in total. The summed E-state index contributed by atoms with van der Waals surface area (Å²) in [5, 5.41) is 14.5. The Balaban J connectivity index is 0.00000380. The van der Waals surface area contributed by atoms with Crippen LogP contribution in [0.25, 0.3) is 22.5 Å². The molecule has 0 fully saturated rings. The topological polar surface area (TPSA) is 187 Å². The van der Waals surface area contributed by atoms with Gasteiger partial charge in [0.1, 0.15) is 5.82 Å². The third kappa shape index (κ3) is 8.90. The number of benzene rings is 2. The summed E-state index contributed by atoms with van der Waals surface area (Å²) in [6.45, 7) is 4.51. The van der Waals surface area contributed by atoms with Gasteiger partial charge in [0.05, 0.1) is 11.5 Å². The Morgan fingerprint density at radius 1 is 1.02 bits per heavy atom. The molecule has 0 saturated heterocycles. The van der Waals surface area contributed by atoms with Gasteiger partial charge in [-0.15, -0.1) is 10.2 Å². The number of hydrogen-bond acceptors (Lipinski definition) is 6. The van der Waals surface area contributed by atoms with E-state index in [2.05, 4.69) is 51.8 Å². The molecule has 4 aromatic rings. The van der Waals surface area contributed by atoms with Gasteiger partial charge in [-0.1, -0.05) is 74.1 Å². The number of aromatic nitrogens is 6. The molecule has 4 rings (SSSR count). The van der Waals surface area contributed by atoms with Gasteiger partial charge in [-0.25, -0.2) is 4.98 Å². The number of aromatic amines is 1. The summed E-state index contributed by atoms with van der Waals surface area (Å²) in [7, 11) is 3.80. The molecule has 0 aliphatic carbocycles. The van der Waals surface area contributed by atoms with E-state index in [1.807, 2.05) is 54.8 Å². The second kappa shape index (κ2) is 17.6. The van der Waals surface area contributed by atoms with Crippen LogP contribution in [0.15, 0.2) is 53.3 Å². The van der Waals surface area contributed by atoms with Crippen LogP contribution in [-0.2, 0) is 19.4 Å². The van der Waals surface area contributed by atoms with Crippen molar-refractivity contribution in [3.63, 3.8) is 0 Å². The number of thiocarbonyl (C=S) groups is 1. The van der Waals surface area contributed by atoms with Crippen molar-refractivity contribution >= 4 is 68.6 Å². The predicted molar refractivity (Wildman–Crippen MR) is 163 cm³/mol. The summed E-state index contributed by atoms with van der Waals surface area (Å²) < 4.78 is 1.82. The smallest absolute Gasteiger partial charge is 0.257 e. The second-order valence-corrected chi connectivity index (χ2v) is 9.50. The van der Waals surface area contributed by atoms with Crippen molar-refractivity contribution in [2.75, 3.05) is 14.1 Å². The summed E-state index contributed by atoms with van der Waals surface area (Å²) in [5.74, 6) is 1.38. The van der Waals surface area contributed by atoms with Crippen LogP contribution in [0.5, 0.6) is 0 Å². The van der Waals surface area contributed by atoms with E-state index in [1.165, 1.54) is 0 Å². The van der Waals surface area contributed by atoms with E-state index in [4.69, 9.17) is 17.2 Å². The summed E-state index contributed by atoms with van der Waals surface area (Å²) in [6.07, 6.45) is 3.20. The molecule has 0 unspecified atom stereocenters. The molecule has 2 aromatic heterocycles. The number of nitrogens with zero attached hydrogens (tertiary/aromatic N) is 6. The van der Waals surface area contributed by atoms with E-state index in [-0.39, 0.29) is 73.4 Å². The molecule has 1 radical (unpaired) electrons. The minimum Gasteiger partial charge on any atom is -0.412 e. The van der Waals surface area contributed by atoms with E-state index in [0.29, 0.717) is 24.4 Å². The van der Waals surface area contributed by atoms with Gasteiger partial charge in [0.2, 0.25) is 5.82 Å². The largest absolute Gasteiger partial charge is 0.412 e. The third-order valence-electron chi connectivity index (χ3n) is 6.25. The van der Waals surface area contributed by atoms with Crippen molar-refractivity contribution < 1.29 is 16.4 Å². The first kappa shape index (κ1) is 37.8. The van der Waals surface area contributed by atoms with Crippen LogP contribution in [0.3, 0.4) is 0 Å². The Hall–Kier alpha value is -2.20. The standard InChI is InChI=1S/C27H31N7OS.K.3H2O/c1-5-6-11-24-28-18(2)23(16-25(36)33(3)4)27(35)34(24)17-19-12-14-20(15-13-19)21-9-7-8-10-22(21)26-29-31-32-30-26;;;;/h7-10,12-15H,5-6,11,16-17H2,1-4H3,(H,29,30,31,32);;3*1H2. The summed E-state index contributed by atoms with van der Waals surface area (Å²) >= 11 is 5.49. The molecule has 7 N–H and O–H groups in total. The molecular formula is C27H37KN7O4S. The molecule has 211 valence electrons. The van der Waals surface area contributed by atoms with Crippen LogP contribution in [0, 0.1) is 6.92 Å². The van der Waals surface area contributed by atoms with E-state index in [1.54, 1.807) is 0 Å². The van der Waals surface area contributed by atoms with E-state index in [0.717, 1.165) is 58.0 Å². The number of hydrogen-bond donors (Lipinski definition) is 1. The van der Waals surface area contributed by atoms with Crippen molar-refractivity contribution in [3.05, 3.63) is 81.5 Å². The molecule has 2 heterocycles. The number of rotatable bonds is 9. The number of H-pyrrole nitrogens is 1. The number of tetrazole rings is 1. The van der Waals surface area contributed by atoms with Crippen LogP contribution in [-0.4, -0.2) is 122 Å². The van der Waals surface area contributed by atoms with Gasteiger partial charge < -0.3 is 21.3 Å². The maximum absolute atomic E-state index is 13.6. The van der Waals surface area contributed by atoms with Gasteiger partial charge in [0.15, 0.2) is 0 Å². The Morgan fingerprint density at radius 2 is 1.68 bits per heavy atom. The number of nitrogens with one attached hydrogen (secondary N) is 1. The van der Waals surface area contributed by atoms with E-state index in [9.17, 15) is 4.79 Å². The van der Waals surface area contributed by atoms with Gasteiger partial charge in [-0.2, -0.15) is 5.21 Å². The van der Waals surface area contributed by atoms with Gasteiger partial charge in [0.25, 0.3) is 5.56 Å². The number of likely N-dealkylation sites (N-methyl/N-ethyl adjacent to an activating group) is 1. The van der Waals surface area contributed by atoms with Crippen LogP contribution < -0.4 is 5.56 Å². The molecule has 0 atom stereocenters. The summed E-state index contributed by atoms with van der Waals surface area (Å²) in [5.41, 5.74) is 5.41. The fourth-order valence-electron chi connectivity index (χ4n) is 4.14. The van der Waals surface area contributed by atoms with Crippen molar-refractivity contribution in [2.24, 2.45) is 0 Å². The van der Waals surface area contributed by atoms with Crippen molar-refractivity contribution in [3.8, 4) is 22.5 Å². The molecule has 0 aliphatic rings. The third-order valence-corrected chi connectivity index (χ3v) is 6.76. The minimum atomic E-state index is -0.00988. The molecule has 0 amide bonds. The average molecular weight is 595 g/mol. The first-order valence-corrected chi connectivity index (χ1v) is 12.5. The molecule has 0 bridgehead atoms. The number of aryl methyl sites for hydroxylation is 2. The van der Waals surface area contributed by atoms with Crippen molar-refractivity contribution in [1.29, 1.82) is 0 Å². The van der Waals surface area contributed by atoms with Crippen LogP contribution >= 0.6 is 12.2 Å². The second-order valence-electron chi connectivity index (χ2n) is 9.03. The van der Waals surface area contributed by atoms with Gasteiger partial charge in [-0.3, -0.25) is 9.36 Å². The molecule has 0 spiro atoms. The summed E-state index contributed by atoms with van der Waals surface area (Å²) in [4.78, 5) is 21.1. The van der Waals surface area contributed by atoms with Crippen molar-refractivity contribution in [2.45, 2.75) is 46.1 Å². The minimum absolute atomic E-state index is 0. The predicted octanol–water partition coefficient (Wildman–Crippen LogP) is 1.37. The van der Waals surface area contributed by atoms with Gasteiger partial charge in [-0.05, 0) is 35.2 Å². The molecular weight excluding hydrogens is 558 g/mol.